The van der Waals surface area contributed by atoms with E-state index in [0.29, 0.717) is 16.6 Å². The summed E-state index contributed by atoms with van der Waals surface area (Å²) in [5.41, 5.74) is 5.42. The number of ether oxygens (including phenoxy) is 1. The molecule has 0 bridgehead atoms. The molecule has 4 aromatic heterocycles. The number of aromatic nitrogens is 5. The zero-order chi connectivity index (χ0) is 27.9. The van der Waals surface area contributed by atoms with Crippen molar-refractivity contribution in [3.05, 3.63) is 83.0 Å². The van der Waals surface area contributed by atoms with Gasteiger partial charge in [0, 0.05) is 47.1 Å². The molecule has 12 heteroatoms. The van der Waals surface area contributed by atoms with Gasteiger partial charge in [-0.05, 0) is 49.7 Å². The number of primary sulfonamides is 1. The minimum absolute atomic E-state index is 0.0268. The van der Waals surface area contributed by atoms with Crippen LogP contribution >= 0.6 is 11.6 Å². The summed E-state index contributed by atoms with van der Waals surface area (Å²) in [6.45, 7) is 3.68. The lowest BCUT2D eigenvalue weighted by Gasteiger charge is -2.19. The largest absolute Gasteiger partial charge is 0.483 e. The van der Waals surface area contributed by atoms with Gasteiger partial charge in [0.15, 0.2) is 5.75 Å². The lowest BCUT2D eigenvalue weighted by molar-refractivity contribution is 0.220. The fraction of sp³-hybridized carbons (Fsp3) is 0.148. The van der Waals surface area contributed by atoms with E-state index < -0.39 is 21.2 Å². The summed E-state index contributed by atoms with van der Waals surface area (Å²) < 4.78 is 32.0. The highest BCUT2D eigenvalue weighted by Gasteiger charge is 2.22. The molecule has 39 heavy (non-hydrogen) atoms. The zero-order valence-corrected chi connectivity index (χ0v) is 22.7. The standard InChI is InChI=1S/C27H22ClN7O3S/c1-15-8-19(16(2)38-25-6-7-26(28)34-27(25)39(30,36)37)21-10-20(24(11-29)33-23(21)9-15)17-4-5-22(31-12-17)18-13-32-35(3)14-18/h4-10,12-14,16H,1-3H3,(H2,30,36,37)/t16-/m1/s1. The summed E-state index contributed by atoms with van der Waals surface area (Å²) in [5.74, 6) is -0.0268. The Kier molecular flexibility index (Phi) is 6.78. The van der Waals surface area contributed by atoms with Gasteiger partial charge in [0.25, 0.3) is 10.0 Å². The van der Waals surface area contributed by atoms with Crippen LogP contribution in [0, 0.1) is 18.3 Å². The molecule has 0 fully saturated rings. The van der Waals surface area contributed by atoms with Gasteiger partial charge in [0.2, 0.25) is 5.03 Å². The van der Waals surface area contributed by atoms with E-state index in [-0.39, 0.29) is 16.6 Å². The average molecular weight is 560 g/mol. The molecule has 0 saturated heterocycles. The van der Waals surface area contributed by atoms with Crippen molar-refractivity contribution >= 4 is 32.5 Å². The van der Waals surface area contributed by atoms with Crippen molar-refractivity contribution in [3.8, 4) is 34.2 Å². The Labute approximate surface area is 229 Å². The van der Waals surface area contributed by atoms with Gasteiger partial charge in [-0.1, -0.05) is 23.7 Å². The van der Waals surface area contributed by atoms with Crippen molar-refractivity contribution < 1.29 is 13.2 Å². The Morgan fingerprint density at radius 1 is 1.10 bits per heavy atom. The third kappa shape index (κ3) is 5.31. The molecule has 0 amide bonds. The smallest absolute Gasteiger partial charge is 0.259 e. The summed E-state index contributed by atoms with van der Waals surface area (Å²) in [7, 11) is -2.36. The van der Waals surface area contributed by atoms with Gasteiger partial charge in [0.05, 0.1) is 17.4 Å². The summed E-state index contributed by atoms with van der Waals surface area (Å²) in [6, 6.07) is 14.4. The predicted molar refractivity (Wildman–Crippen MR) is 146 cm³/mol. The van der Waals surface area contributed by atoms with Crippen LogP contribution in [0.4, 0.5) is 0 Å². The molecule has 0 unspecified atom stereocenters. The van der Waals surface area contributed by atoms with E-state index in [4.69, 9.17) is 21.5 Å². The molecule has 0 saturated carbocycles. The van der Waals surface area contributed by atoms with Crippen LogP contribution in [0.2, 0.25) is 5.15 Å². The van der Waals surface area contributed by atoms with Crippen molar-refractivity contribution in [2.75, 3.05) is 0 Å². The molecule has 5 rings (SSSR count). The van der Waals surface area contributed by atoms with Gasteiger partial charge >= 0.3 is 0 Å². The van der Waals surface area contributed by atoms with Crippen molar-refractivity contribution in [2.45, 2.75) is 25.0 Å². The quantitative estimate of drug-likeness (QED) is 0.294. The Morgan fingerprint density at radius 3 is 2.54 bits per heavy atom. The summed E-state index contributed by atoms with van der Waals surface area (Å²) in [4.78, 5) is 13.0. The first-order valence-corrected chi connectivity index (χ1v) is 13.6. The van der Waals surface area contributed by atoms with Crippen LogP contribution in [0.25, 0.3) is 33.3 Å². The number of benzene rings is 1. The molecule has 0 aliphatic carbocycles. The minimum Gasteiger partial charge on any atom is -0.483 e. The highest BCUT2D eigenvalue weighted by atomic mass is 35.5. The monoisotopic (exact) mass is 559 g/mol. The number of halogens is 1. The molecule has 10 nitrogen and oxygen atoms in total. The van der Waals surface area contributed by atoms with Crippen molar-refractivity contribution in [2.24, 2.45) is 12.2 Å². The maximum atomic E-state index is 12.1. The molecule has 0 aliphatic rings. The Balaban J connectivity index is 1.60. The van der Waals surface area contributed by atoms with Gasteiger partial charge < -0.3 is 4.74 Å². The van der Waals surface area contributed by atoms with E-state index >= 15 is 0 Å². The van der Waals surface area contributed by atoms with Crippen LogP contribution in [0.3, 0.4) is 0 Å². The van der Waals surface area contributed by atoms with Crippen LogP contribution < -0.4 is 9.88 Å². The van der Waals surface area contributed by atoms with Crippen molar-refractivity contribution in [1.29, 1.82) is 5.26 Å². The normalized spacial score (nSPS) is 12.3. The number of aryl methyl sites for hydroxylation is 2. The second-order valence-electron chi connectivity index (χ2n) is 8.99. The molecule has 0 spiro atoms. The minimum atomic E-state index is -4.19. The number of nitrogens with two attached hydrogens (primary N) is 1. The first-order valence-electron chi connectivity index (χ1n) is 11.7. The van der Waals surface area contributed by atoms with Gasteiger partial charge in [0.1, 0.15) is 23.0 Å². The van der Waals surface area contributed by atoms with Crippen LogP contribution in [0.1, 0.15) is 29.8 Å². The Bertz CT molecular complexity index is 1880. The highest BCUT2D eigenvalue weighted by molar-refractivity contribution is 7.89. The average Bonchev–Trinajstić information content (AvgIpc) is 3.34. The predicted octanol–water partition coefficient (Wildman–Crippen LogP) is 4.71. The summed E-state index contributed by atoms with van der Waals surface area (Å²) >= 11 is 5.89. The second-order valence-corrected chi connectivity index (χ2v) is 10.9. The number of rotatable bonds is 6. The first kappa shape index (κ1) is 26.2. The molecule has 1 atom stereocenters. The number of pyridine rings is 3. The maximum Gasteiger partial charge on any atom is 0.259 e. The molecule has 196 valence electrons. The van der Waals surface area contributed by atoms with E-state index in [2.05, 4.69) is 26.1 Å². The molecule has 0 radical (unpaired) electrons. The molecule has 2 N–H and O–H groups in total. The van der Waals surface area contributed by atoms with Crippen molar-refractivity contribution in [3.63, 3.8) is 0 Å². The molecular weight excluding hydrogens is 538 g/mol. The number of nitriles is 1. The number of hydrogen-bond acceptors (Lipinski definition) is 8. The topological polar surface area (TPSA) is 150 Å². The third-order valence-corrected chi connectivity index (χ3v) is 7.14. The van der Waals surface area contributed by atoms with E-state index in [1.165, 1.54) is 12.1 Å². The molecule has 5 aromatic rings. The first-order chi connectivity index (χ1) is 18.5. The Morgan fingerprint density at radius 2 is 1.90 bits per heavy atom. The fourth-order valence-corrected chi connectivity index (χ4v) is 5.14. The highest BCUT2D eigenvalue weighted by Crippen LogP contribution is 2.35. The summed E-state index contributed by atoms with van der Waals surface area (Å²) in [5, 5.41) is 19.7. The van der Waals surface area contributed by atoms with Gasteiger partial charge in [-0.3, -0.25) is 9.67 Å². The summed E-state index contributed by atoms with van der Waals surface area (Å²) in [6.07, 6.45) is 4.66. The fourth-order valence-electron chi connectivity index (χ4n) is 4.32. The number of fused-ring (bicyclic) bond motifs is 1. The number of sulfonamides is 1. The number of nitrogens with zero attached hydrogens (tertiary/aromatic N) is 6. The maximum absolute atomic E-state index is 12.1. The van der Waals surface area contributed by atoms with E-state index in [1.54, 1.807) is 24.0 Å². The zero-order valence-electron chi connectivity index (χ0n) is 21.1. The van der Waals surface area contributed by atoms with Gasteiger partial charge in [-0.15, -0.1) is 0 Å². The van der Waals surface area contributed by atoms with Crippen LogP contribution in [-0.4, -0.2) is 33.2 Å². The molecule has 1 aromatic carbocycles. The number of hydrogen-bond donors (Lipinski definition) is 1. The van der Waals surface area contributed by atoms with Gasteiger partial charge in [-0.2, -0.15) is 10.4 Å². The molecule has 0 aliphatic heterocycles. The van der Waals surface area contributed by atoms with E-state index in [0.717, 1.165) is 27.8 Å². The molecule has 4 heterocycles. The lowest BCUT2D eigenvalue weighted by Crippen LogP contribution is -2.17. The van der Waals surface area contributed by atoms with Gasteiger partial charge in [-0.25, -0.2) is 23.5 Å². The van der Waals surface area contributed by atoms with Crippen LogP contribution in [0.15, 0.2) is 66.1 Å². The Hall–Kier alpha value is -4.37. The van der Waals surface area contributed by atoms with E-state index in [1.807, 2.05) is 50.5 Å². The van der Waals surface area contributed by atoms with Crippen LogP contribution in [-0.2, 0) is 17.1 Å². The molecular formula is C27H22ClN7O3S. The van der Waals surface area contributed by atoms with Crippen molar-refractivity contribution in [1.82, 2.24) is 24.7 Å². The van der Waals surface area contributed by atoms with Crippen LogP contribution in [0.5, 0.6) is 5.75 Å². The second kappa shape index (κ2) is 10.1. The lowest BCUT2D eigenvalue weighted by atomic mass is 9.96. The SMILES string of the molecule is Cc1cc([C@@H](C)Oc2ccc(Cl)nc2S(N)(=O)=O)c2cc(-c3ccc(-c4cnn(C)c4)nc3)c(C#N)nc2c1. The van der Waals surface area contributed by atoms with E-state index in [9.17, 15) is 13.7 Å². The third-order valence-electron chi connectivity index (χ3n) is 6.09.